The summed E-state index contributed by atoms with van der Waals surface area (Å²) in [6.45, 7) is 39.9. The molecular formula is C44H80O2. The molecule has 9 atom stereocenters. The molecule has 6 aliphatic carbocycles. The lowest BCUT2D eigenvalue weighted by molar-refractivity contribution is -0.183. The average Bonchev–Trinajstić information content (AvgIpc) is 3.39. The van der Waals surface area contributed by atoms with Crippen LogP contribution in [0.25, 0.3) is 0 Å². The lowest BCUT2D eigenvalue weighted by atomic mass is 9.36. The number of aliphatic carboxylic acids is 1. The Kier molecular flexibility index (Phi) is 16.6. The van der Waals surface area contributed by atoms with Crippen LogP contribution >= 0.6 is 0 Å². The molecule has 46 heavy (non-hydrogen) atoms. The van der Waals surface area contributed by atoms with Crippen molar-refractivity contribution in [2.24, 2.45) is 69.0 Å². The molecule has 0 amide bonds. The maximum Gasteiger partial charge on any atom is 0.306 e. The molecule has 0 saturated heterocycles. The maximum absolute atomic E-state index is 11.5. The van der Waals surface area contributed by atoms with Crippen LogP contribution in [0.3, 0.4) is 0 Å². The maximum atomic E-state index is 11.5. The third-order valence-corrected chi connectivity index (χ3v) is 14.5. The van der Waals surface area contributed by atoms with E-state index >= 15 is 0 Å². The van der Waals surface area contributed by atoms with Crippen molar-refractivity contribution < 1.29 is 9.90 Å². The summed E-state index contributed by atoms with van der Waals surface area (Å²) in [5.74, 6) is 5.42. The van der Waals surface area contributed by atoms with Crippen LogP contribution in [0.15, 0.2) is 38.0 Å². The SMILES string of the molecule is C=C.C=C.CC.CC.CC.CC1CC[C@]2(C)CCC3[C@H](CCC4[C@@]3(C)CCC3C(C)(C)C(C5CCC(C(=O)O)CC5)=CC[C@@]34C)[C@@H]12. The average molecular weight is 641 g/mol. The van der Waals surface area contributed by atoms with Gasteiger partial charge in [0.05, 0.1) is 5.92 Å². The molecule has 0 aliphatic heterocycles. The van der Waals surface area contributed by atoms with E-state index in [-0.39, 0.29) is 11.3 Å². The van der Waals surface area contributed by atoms with Gasteiger partial charge in [0, 0.05) is 0 Å². The first-order valence-corrected chi connectivity index (χ1v) is 19.8. The number of hydrogen-bond donors (Lipinski definition) is 1. The predicted octanol–water partition coefficient (Wildman–Crippen LogP) is 13.8. The number of carboxylic acid groups (broad SMARTS) is 1. The lowest BCUT2D eigenvalue weighted by Gasteiger charge is -2.69. The minimum atomic E-state index is -0.574. The number of carboxylic acids is 1. The lowest BCUT2D eigenvalue weighted by Crippen LogP contribution is -2.61. The van der Waals surface area contributed by atoms with E-state index in [9.17, 15) is 9.90 Å². The molecular weight excluding hydrogens is 560 g/mol. The van der Waals surface area contributed by atoms with Crippen molar-refractivity contribution in [1.29, 1.82) is 0 Å². The Hall–Kier alpha value is -1.31. The summed E-state index contributed by atoms with van der Waals surface area (Å²) in [5.41, 5.74) is 3.54. The van der Waals surface area contributed by atoms with Gasteiger partial charge >= 0.3 is 5.97 Å². The second-order valence-electron chi connectivity index (χ2n) is 16.2. The molecule has 268 valence electrons. The highest BCUT2D eigenvalue weighted by Crippen LogP contribution is 2.73. The summed E-state index contributed by atoms with van der Waals surface area (Å²) < 4.78 is 0. The first-order chi connectivity index (χ1) is 21.9. The molecule has 0 bridgehead atoms. The molecule has 2 heteroatoms. The first-order valence-electron chi connectivity index (χ1n) is 19.8. The van der Waals surface area contributed by atoms with Gasteiger partial charge in [-0.05, 0) is 147 Å². The summed E-state index contributed by atoms with van der Waals surface area (Å²) in [4.78, 5) is 11.5. The Balaban J connectivity index is 0.000000969. The molecule has 0 aromatic carbocycles. The van der Waals surface area contributed by atoms with E-state index in [4.69, 9.17) is 0 Å². The molecule has 2 nitrogen and oxygen atoms in total. The van der Waals surface area contributed by atoms with E-state index < -0.39 is 5.97 Å². The Morgan fingerprint density at radius 1 is 0.696 bits per heavy atom. The predicted molar refractivity (Wildman–Crippen MR) is 204 cm³/mol. The van der Waals surface area contributed by atoms with Gasteiger partial charge in [0.15, 0.2) is 0 Å². The molecule has 6 rings (SSSR count). The quantitative estimate of drug-likeness (QED) is 0.305. The fourth-order valence-corrected chi connectivity index (χ4v) is 13.0. The van der Waals surface area contributed by atoms with Crippen LogP contribution in [0.1, 0.15) is 167 Å². The van der Waals surface area contributed by atoms with Gasteiger partial charge in [-0.2, -0.15) is 0 Å². The van der Waals surface area contributed by atoms with Crippen LogP contribution in [0.4, 0.5) is 0 Å². The van der Waals surface area contributed by atoms with Gasteiger partial charge in [0.25, 0.3) is 0 Å². The zero-order valence-corrected chi connectivity index (χ0v) is 33.1. The number of fused-ring (bicyclic) bond motifs is 7. The van der Waals surface area contributed by atoms with Gasteiger partial charge in [-0.3, -0.25) is 4.79 Å². The van der Waals surface area contributed by atoms with Crippen LogP contribution in [0.5, 0.6) is 0 Å². The zero-order valence-electron chi connectivity index (χ0n) is 33.1. The Morgan fingerprint density at radius 2 is 1.24 bits per heavy atom. The van der Waals surface area contributed by atoms with E-state index in [1.165, 1.54) is 57.8 Å². The van der Waals surface area contributed by atoms with Crippen molar-refractivity contribution in [1.82, 2.24) is 0 Å². The monoisotopic (exact) mass is 641 g/mol. The normalized spacial score (nSPS) is 42.7. The highest BCUT2D eigenvalue weighted by molar-refractivity contribution is 5.70. The summed E-state index contributed by atoms with van der Waals surface area (Å²) in [6.07, 6.45) is 19.6. The van der Waals surface area contributed by atoms with Crippen molar-refractivity contribution in [3.63, 3.8) is 0 Å². The number of carbonyl (C=O) groups is 1. The van der Waals surface area contributed by atoms with Crippen molar-refractivity contribution in [2.45, 2.75) is 167 Å². The Morgan fingerprint density at radius 3 is 1.78 bits per heavy atom. The molecule has 0 radical (unpaired) electrons. The van der Waals surface area contributed by atoms with Gasteiger partial charge in [-0.15, -0.1) is 26.3 Å². The van der Waals surface area contributed by atoms with E-state index in [0.717, 1.165) is 61.2 Å². The summed E-state index contributed by atoms with van der Waals surface area (Å²) >= 11 is 0. The summed E-state index contributed by atoms with van der Waals surface area (Å²) in [6, 6.07) is 0. The summed E-state index contributed by atoms with van der Waals surface area (Å²) in [7, 11) is 0. The second-order valence-corrected chi connectivity index (χ2v) is 16.2. The second kappa shape index (κ2) is 17.9. The summed E-state index contributed by atoms with van der Waals surface area (Å²) in [5, 5.41) is 9.51. The molecule has 0 aromatic heterocycles. The smallest absolute Gasteiger partial charge is 0.306 e. The van der Waals surface area contributed by atoms with Crippen molar-refractivity contribution in [3.05, 3.63) is 38.0 Å². The van der Waals surface area contributed by atoms with Crippen LogP contribution in [0.2, 0.25) is 0 Å². The Bertz CT molecular complexity index is 953. The van der Waals surface area contributed by atoms with Crippen molar-refractivity contribution in [3.8, 4) is 0 Å². The topological polar surface area (TPSA) is 37.3 Å². The van der Waals surface area contributed by atoms with Gasteiger partial charge in [-0.1, -0.05) is 94.7 Å². The number of rotatable bonds is 2. The van der Waals surface area contributed by atoms with Gasteiger partial charge < -0.3 is 5.11 Å². The fraction of sp³-hybridized carbons (Fsp3) is 0.841. The number of hydrogen-bond acceptors (Lipinski definition) is 1. The van der Waals surface area contributed by atoms with Crippen molar-refractivity contribution >= 4 is 5.97 Å². The molecule has 0 spiro atoms. The van der Waals surface area contributed by atoms with E-state index in [1.807, 2.05) is 41.5 Å². The van der Waals surface area contributed by atoms with E-state index in [1.54, 1.807) is 5.57 Å². The highest BCUT2D eigenvalue weighted by Gasteiger charge is 2.65. The molecule has 0 heterocycles. The van der Waals surface area contributed by atoms with Crippen molar-refractivity contribution in [2.75, 3.05) is 0 Å². The molecule has 4 unspecified atom stereocenters. The Labute approximate surface area is 288 Å². The molecule has 0 aromatic rings. The third-order valence-electron chi connectivity index (χ3n) is 14.5. The van der Waals surface area contributed by atoms with Gasteiger partial charge in [0.2, 0.25) is 0 Å². The fourth-order valence-electron chi connectivity index (χ4n) is 13.0. The van der Waals surface area contributed by atoms with E-state index in [2.05, 4.69) is 73.9 Å². The molecule has 6 aliphatic rings. The highest BCUT2D eigenvalue weighted by atomic mass is 16.4. The van der Waals surface area contributed by atoms with Gasteiger partial charge in [-0.25, -0.2) is 0 Å². The van der Waals surface area contributed by atoms with E-state index in [0.29, 0.717) is 22.2 Å². The van der Waals surface area contributed by atoms with Crippen LogP contribution in [-0.4, -0.2) is 11.1 Å². The minimum Gasteiger partial charge on any atom is -0.481 e. The van der Waals surface area contributed by atoms with Crippen LogP contribution < -0.4 is 0 Å². The van der Waals surface area contributed by atoms with Gasteiger partial charge in [0.1, 0.15) is 0 Å². The minimum absolute atomic E-state index is 0.107. The number of allylic oxidation sites excluding steroid dienone is 2. The molecule has 1 N–H and O–H groups in total. The standard InChI is InChI=1S/C34H54O2.3C2H6.2C2H4/c1-21-13-17-32(4)18-14-26-24(29(21)32)11-12-28-33(26,5)20-16-27-31(2,3)25(15-19-34(27,28)6)22-7-9-23(10-8-22)30(35)36;5*1-2/h15,21-24,26-29H,7-14,16-20H2,1-6H3,(H,35,36);3*1-2H3;2*1-2H2/t21?,22?,23?,24-,26?,27?,28?,29+,32+,33-,34-;;;;;/m0...../s1. The zero-order chi connectivity index (χ0) is 35.7. The van der Waals surface area contributed by atoms with Crippen LogP contribution in [-0.2, 0) is 4.79 Å². The first kappa shape index (κ1) is 42.7. The molecule has 5 fully saturated rings. The largest absolute Gasteiger partial charge is 0.481 e. The molecule has 5 saturated carbocycles. The van der Waals surface area contributed by atoms with Crippen LogP contribution in [0, 0.1) is 69.0 Å². The third kappa shape index (κ3) is 7.47.